The monoisotopic (exact) mass is 580 g/mol. The summed E-state index contributed by atoms with van der Waals surface area (Å²) in [5.41, 5.74) is 10.8. The van der Waals surface area contributed by atoms with Gasteiger partial charge in [-0.05, 0) is 72.9 Å². The summed E-state index contributed by atoms with van der Waals surface area (Å²) in [5, 5.41) is 0. The van der Waals surface area contributed by atoms with E-state index in [-0.39, 0.29) is 64.7 Å². The predicted octanol–water partition coefficient (Wildman–Crippen LogP) is 3.70. The molecule has 0 bridgehead atoms. The molecule has 0 nitrogen and oxygen atoms in total. The fraction of sp³-hybridized carbons (Fsp3) is 0. The van der Waals surface area contributed by atoms with Crippen molar-refractivity contribution in [1.29, 1.82) is 0 Å². The zero-order valence-electron chi connectivity index (χ0n) is 15.6. The summed E-state index contributed by atoms with van der Waals surface area (Å²) >= 11 is 0. The van der Waals surface area contributed by atoms with Gasteiger partial charge in [-0.2, -0.15) is 0 Å². The van der Waals surface area contributed by atoms with Crippen molar-refractivity contribution in [3.05, 3.63) is 145 Å². The van der Waals surface area contributed by atoms with Crippen molar-refractivity contribution in [3.8, 4) is 0 Å². The van der Waals surface area contributed by atoms with E-state index in [1.807, 2.05) is 0 Å². The molecule has 7 radical (unpaired) electrons. The first-order valence-corrected chi connectivity index (χ1v) is 8.04. The summed E-state index contributed by atoms with van der Waals surface area (Å²) in [5.74, 6) is -0.838. The van der Waals surface area contributed by atoms with Crippen LogP contribution in [-0.2, 0) is 0 Å². The van der Waals surface area contributed by atoms with Gasteiger partial charge in [0.05, 0.1) is 0 Å². The van der Waals surface area contributed by atoms with Crippen LogP contribution in [0.2, 0.25) is 0 Å². The van der Waals surface area contributed by atoms with Gasteiger partial charge >= 0.3 is 0 Å². The molecule has 0 amide bonds. The van der Waals surface area contributed by atoms with Crippen molar-refractivity contribution in [2.75, 3.05) is 0 Å². The number of hydrogen-bond acceptors (Lipinski definition) is 0. The Kier molecular flexibility index (Phi) is 20.5. The van der Waals surface area contributed by atoms with Gasteiger partial charge in [-0.3, -0.25) is 0 Å². The maximum atomic E-state index is 11.9. The van der Waals surface area contributed by atoms with Gasteiger partial charge in [-0.1, -0.05) is 0 Å². The van der Waals surface area contributed by atoms with E-state index in [0.717, 1.165) is 0 Å². The number of hydrogen-bond donors (Lipinski definition) is 0. The molecule has 4 rings (SSSR count). The SMILES string of the molecule is FC1=CC=C=C[CH]1.FC1=CC=C=C[CH]1.FC1=CC=C=C[CH]1.FC1=CC=C=C[CH]1.[Br-].[Sb]. The summed E-state index contributed by atoms with van der Waals surface area (Å²) in [7, 11) is 0. The van der Waals surface area contributed by atoms with Crippen LogP contribution in [0.25, 0.3) is 0 Å². The van der Waals surface area contributed by atoms with Crippen LogP contribution in [-0.4, -0.2) is 24.4 Å². The Balaban J connectivity index is 0. The molecule has 6 heteroatoms. The van der Waals surface area contributed by atoms with Gasteiger partial charge in [0, 0.05) is 50.1 Å². The zero-order chi connectivity index (χ0) is 20.5. The topological polar surface area (TPSA) is 0 Å². The Morgan fingerprint density at radius 1 is 0.400 bits per heavy atom. The van der Waals surface area contributed by atoms with Crippen molar-refractivity contribution >= 4 is 24.4 Å². The van der Waals surface area contributed by atoms with E-state index in [2.05, 4.69) is 22.9 Å². The third kappa shape index (κ3) is 18.1. The summed E-state index contributed by atoms with van der Waals surface area (Å²) in [4.78, 5) is 0. The third-order valence-corrected chi connectivity index (χ3v) is 2.71. The average Bonchev–Trinajstić information content (AvgIpc) is 2.72. The van der Waals surface area contributed by atoms with Crippen LogP contribution >= 0.6 is 0 Å². The molecule has 153 valence electrons. The van der Waals surface area contributed by atoms with Crippen LogP contribution in [0.1, 0.15) is 0 Å². The van der Waals surface area contributed by atoms with Gasteiger partial charge in [0.1, 0.15) is 23.3 Å². The van der Waals surface area contributed by atoms with E-state index in [4.69, 9.17) is 0 Å². The molecule has 0 fully saturated rings. The summed E-state index contributed by atoms with van der Waals surface area (Å²) < 4.78 is 47.5. The van der Waals surface area contributed by atoms with Crippen molar-refractivity contribution in [3.63, 3.8) is 0 Å². The maximum Gasteiger partial charge on any atom is 0.109 e. The second-order valence-corrected chi connectivity index (χ2v) is 4.87. The molecule has 0 atom stereocenters. The quantitative estimate of drug-likeness (QED) is 0.233. The van der Waals surface area contributed by atoms with Crippen LogP contribution in [0.15, 0.2) is 119 Å². The molecular formula is C24H16BrF4Sb-. The Morgan fingerprint density at radius 2 is 0.600 bits per heavy atom. The first-order chi connectivity index (χ1) is 13.6. The molecule has 0 spiro atoms. The average molecular weight is 582 g/mol. The van der Waals surface area contributed by atoms with Crippen molar-refractivity contribution in [1.82, 2.24) is 0 Å². The van der Waals surface area contributed by atoms with Gasteiger partial charge in [0.15, 0.2) is 0 Å². The van der Waals surface area contributed by atoms with Gasteiger partial charge in [0.25, 0.3) is 0 Å². The molecule has 0 unspecified atom stereocenters. The normalized spacial score (nSPS) is 15.9. The van der Waals surface area contributed by atoms with Crippen molar-refractivity contribution in [2.24, 2.45) is 0 Å². The van der Waals surface area contributed by atoms with E-state index in [1.54, 1.807) is 0 Å². The molecule has 0 aromatic rings. The van der Waals surface area contributed by atoms with E-state index in [0.29, 0.717) is 0 Å². The molecule has 30 heavy (non-hydrogen) atoms. The summed E-state index contributed by atoms with van der Waals surface area (Å²) in [6.07, 6.45) is 23.2. The minimum atomic E-state index is -0.209. The summed E-state index contributed by atoms with van der Waals surface area (Å²) in [6, 6.07) is 0. The van der Waals surface area contributed by atoms with Crippen LogP contribution in [0.3, 0.4) is 0 Å². The summed E-state index contributed by atoms with van der Waals surface area (Å²) in [6.45, 7) is 0. The van der Waals surface area contributed by atoms with Crippen LogP contribution in [0.5, 0.6) is 0 Å². The Labute approximate surface area is 203 Å². The first kappa shape index (κ1) is 30.3. The zero-order valence-corrected chi connectivity index (χ0v) is 19.7. The molecule has 0 saturated heterocycles. The third-order valence-electron chi connectivity index (χ3n) is 2.71. The predicted molar refractivity (Wildman–Crippen MR) is 110 cm³/mol. The first-order valence-electron chi connectivity index (χ1n) is 8.04. The molecule has 0 saturated carbocycles. The van der Waals surface area contributed by atoms with Gasteiger partial charge in [-0.25, -0.2) is 17.6 Å². The molecule has 4 aliphatic rings. The van der Waals surface area contributed by atoms with E-state index >= 15 is 0 Å². The van der Waals surface area contributed by atoms with Crippen LogP contribution in [0, 0.1) is 25.7 Å². The van der Waals surface area contributed by atoms with Gasteiger partial charge in [-0.15, -0.1) is 22.9 Å². The van der Waals surface area contributed by atoms with Crippen molar-refractivity contribution < 1.29 is 34.5 Å². The molecule has 0 aliphatic heterocycles. The number of allylic oxidation sites excluding steroid dienone is 12. The molecule has 0 aromatic heterocycles. The molecule has 0 aromatic carbocycles. The molecule has 0 heterocycles. The number of halogens is 5. The second-order valence-electron chi connectivity index (χ2n) is 4.87. The Morgan fingerprint density at radius 3 is 0.667 bits per heavy atom. The van der Waals surface area contributed by atoms with E-state index in [9.17, 15) is 17.6 Å². The molecular weight excluding hydrogens is 566 g/mol. The minimum Gasteiger partial charge on any atom is -1.00 e. The largest absolute Gasteiger partial charge is 1.00 e. The Bertz CT molecular complexity index is 755. The smallest absolute Gasteiger partial charge is 0.109 e. The Hall–Kier alpha value is -1.94. The standard InChI is InChI=1S/4C6H4F.BrH.Sb/c4*7-6-4-2-1-3-5-6;;/h4*2-5H;1H;/p-1. The van der Waals surface area contributed by atoms with E-state index in [1.165, 1.54) is 98.6 Å². The molecule has 0 N–H and O–H groups in total. The minimum absolute atomic E-state index is 0. The van der Waals surface area contributed by atoms with Crippen LogP contribution < -0.4 is 17.0 Å². The van der Waals surface area contributed by atoms with Gasteiger partial charge in [0.2, 0.25) is 0 Å². The fourth-order valence-electron chi connectivity index (χ4n) is 1.47. The number of rotatable bonds is 0. The van der Waals surface area contributed by atoms with Gasteiger partial charge < -0.3 is 17.0 Å². The molecule has 4 aliphatic carbocycles. The van der Waals surface area contributed by atoms with Crippen LogP contribution in [0.4, 0.5) is 17.6 Å². The fourth-order valence-corrected chi connectivity index (χ4v) is 1.47. The van der Waals surface area contributed by atoms with E-state index < -0.39 is 0 Å². The maximum absolute atomic E-state index is 11.9. The second kappa shape index (κ2) is 20.3. The van der Waals surface area contributed by atoms with Crippen molar-refractivity contribution in [2.45, 2.75) is 0 Å².